The number of fused-ring (bicyclic) bond motifs is 1. The highest BCUT2D eigenvalue weighted by Crippen LogP contribution is 2.46. The number of hydrogen-bond acceptors (Lipinski definition) is 2. The van der Waals surface area contributed by atoms with Gasteiger partial charge in [0.2, 0.25) is 0 Å². The van der Waals surface area contributed by atoms with Crippen molar-refractivity contribution in [3.8, 4) is 0 Å². The third kappa shape index (κ3) is 2.05. The fourth-order valence-electron chi connectivity index (χ4n) is 3.73. The first-order chi connectivity index (χ1) is 9.84. The molecular weight excluding hydrogens is 246 g/mol. The summed E-state index contributed by atoms with van der Waals surface area (Å²) in [6, 6.07) is 9.47. The highest BCUT2D eigenvalue weighted by atomic mass is 15.2. The van der Waals surface area contributed by atoms with Gasteiger partial charge in [-0.15, -0.1) is 0 Å². The van der Waals surface area contributed by atoms with E-state index in [9.17, 15) is 0 Å². The molecule has 1 atom stereocenters. The van der Waals surface area contributed by atoms with Crippen molar-refractivity contribution >= 4 is 10.9 Å². The number of para-hydroxylation sites is 1. The van der Waals surface area contributed by atoms with Crippen molar-refractivity contribution in [1.29, 1.82) is 0 Å². The number of rotatable bonds is 3. The number of benzene rings is 1. The van der Waals surface area contributed by atoms with Gasteiger partial charge in [0.15, 0.2) is 0 Å². The molecule has 0 radical (unpaired) electrons. The molecule has 1 saturated heterocycles. The van der Waals surface area contributed by atoms with Gasteiger partial charge in [-0.25, -0.2) is 0 Å². The first-order valence-corrected chi connectivity index (χ1v) is 7.83. The van der Waals surface area contributed by atoms with Crippen LogP contribution in [-0.4, -0.2) is 35.6 Å². The van der Waals surface area contributed by atoms with Gasteiger partial charge in [-0.2, -0.15) is 0 Å². The Morgan fingerprint density at radius 1 is 1.15 bits per heavy atom. The molecule has 1 unspecified atom stereocenters. The van der Waals surface area contributed by atoms with Gasteiger partial charge in [0.05, 0.1) is 0 Å². The van der Waals surface area contributed by atoms with Crippen LogP contribution in [0.3, 0.4) is 0 Å². The lowest BCUT2D eigenvalue weighted by Crippen LogP contribution is -2.45. The van der Waals surface area contributed by atoms with E-state index in [0.717, 1.165) is 19.0 Å². The molecule has 2 aromatic rings. The van der Waals surface area contributed by atoms with Gasteiger partial charge in [0.1, 0.15) is 0 Å². The lowest BCUT2D eigenvalue weighted by atomic mass is 9.99. The Kier molecular flexibility index (Phi) is 3.04. The van der Waals surface area contributed by atoms with Gasteiger partial charge in [-0.3, -0.25) is 4.90 Å². The maximum atomic E-state index is 3.48. The molecule has 1 N–H and O–H groups in total. The van der Waals surface area contributed by atoms with E-state index in [-0.39, 0.29) is 0 Å². The van der Waals surface area contributed by atoms with E-state index >= 15 is 0 Å². The number of piperazine rings is 1. The minimum atomic E-state index is 0.628. The van der Waals surface area contributed by atoms with E-state index in [1.54, 1.807) is 5.56 Å². The van der Waals surface area contributed by atoms with Crippen molar-refractivity contribution in [2.24, 2.45) is 13.0 Å². The number of hydrogen-bond donors (Lipinski definition) is 1. The van der Waals surface area contributed by atoms with Crippen LogP contribution in [0.2, 0.25) is 0 Å². The maximum absolute atomic E-state index is 3.48. The Labute approximate surface area is 120 Å². The molecule has 1 aromatic carbocycles. The molecule has 106 valence electrons. The predicted molar refractivity (Wildman–Crippen MR) is 82.8 cm³/mol. The fraction of sp³-hybridized carbons (Fsp3) is 0.529. The molecule has 2 fully saturated rings. The summed E-state index contributed by atoms with van der Waals surface area (Å²) in [5, 5.41) is 4.93. The monoisotopic (exact) mass is 269 g/mol. The molecule has 3 nitrogen and oxygen atoms in total. The first-order valence-electron chi connectivity index (χ1n) is 7.83. The first kappa shape index (κ1) is 12.4. The molecule has 0 bridgehead atoms. The zero-order chi connectivity index (χ0) is 13.5. The van der Waals surface area contributed by atoms with Crippen molar-refractivity contribution in [2.45, 2.75) is 18.9 Å². The van der Waals surface area contributed by atoms with Crippen molar-refractivity contribution in [2.75, 3.05) is 26.2 Å². The van der Waals surface area contributed by atoms with E-state index in [1.807, 2.05) is 0 Å². The quantitative estimate of drug-likeness (QED) is 0.924. The molecular formula is C17H23N3. The summed E-state index contributed by atoms with van der Waals surface area (Å²) >= 11 is 0. The summed E-state index contributed by atoms with van der Waals surface area (Å²) in [6.07, 6.45) is 5.17. The summed E-state index contributed by atoms with van der Waals surface area (Å²) in [6.45, 7) is 4.64. The lowest BCUT2D eigenvalue weighted by molar-refractivity contribution is 0.157. The second kappa shape index (κ2) is 4.90. The summed E-state index contributed by atoms with van der Waals surface area (Å²) in [5.41, 5.74) is 2.91. The molecule has 20 heavy (non-hydrogen) atoms. The maximum Gasteiger partial charge on any atom is 0.0481 e. The van der Waals surface area contributed by atoms with E-state index in [0.29, 0.717) is 6.04 Å². The second-order valence-electron chi connectivity index (χ2n) is 6.28. The molecule has 0 amide bonds. The Hall–Kier alpha value is -1.32. The molecule has 3 heteroatoms. The molecule has 1 aliphatic carbocycles. The SMILES string of the molecule is Cn1cc(C(C2CC2)N2CCNCC2)c2ccccc21. The Morgan fingerprint density at radius 2 is 1.90 bits per heavy atom. The Bertz CT molecular complexity index is 606. The Morgan fingerprint density at radius 3 is 2.65 bits per heavy atom. The number of nitrogens with zero attached hydrogens (tertiary/aromatic N) is 2. The van der Waals surface area contributed by atoms with Gasteiger partial charge < -0.3 is 9.88 Å². The number of aryl methyl sites for hydroxylation is 1. The van der Waals surface area contributed by atoms with Crippen molar-refractivity contribution in [3.63, 3.8) is 0 Å². The van der Waals surface area contributed by atoms with E-state index in [4.69, 9.17) is 0 Å². The number of aromatic nitrogens is 1. The Balaban J connectivity index is 1.77. The lowest BCUT2D eigenvalue weighted by Gasteiger charge is -2.35. The van der Waals surface area contributed by atoms with Crippen molar-refractivity contribution < 1.29 is 0 Å². The van der Waals surface area contributed by atoms with Crippen LogP contribution in [0.25, 0.3) is 10.9 Å². The highest BCUT2D eigenvalue weighted by molar-refractivity contribution is 5.84. The molecule has 0 spiro atoms. The normalized spacial score (nSPS) is 22.2. The fourth-order valence-corrected chi connectivity index (χ4v) is 3.73. The van der Waals surface area contributed by atoms with Crippen LogP contribution < -0.4 is 5.32 Å². The summed E-state index contributed by atoms with van der Waals surface area (Å²) in [4.78, 5) is 2.70. The largest absolute Gasteiger partial charge is 0.350 e. The predicted octanol–water partition coefficient (Wildman–Crippen LogP) is 2.53. The standard InChI is InChI=1S/C17H23N3/c1-19-12-15(14-4-2-3-5-16(14)19)17(13-6-7-13)20-10-8-18-9-11-20/h2-5,12-13,17-18H,6-11H2,1H3. The molecule has 4 rings (SSSR count). The third-order valence-electron chi connectivity index (χ3n) is 4.86. The van der Waals surface area contributed by atoms with E-state index in [1.165, 1.54) is 36.8 Å². The van der Waals surface area contributed by atoms with E-state index in [2.05, 4.69) is 52.3 Å². The number of nitrogens with one attached hydrogen (secondary N) is 1. The van der Waals surface area contributed by atoms with Crippen LogP contribution in [-0.2, 0) is 7.05 Å². The van der Waals surface area contributed by atoms with Gasteiger partial charge >= 0.3 is 0 Å². The van der Waals surface area contributed by atoms with E-state index < -0.39 is 0 Å². The molecule has 1 saturated carbocycles. The van der Waals surface area contributed by atoms with Crippen LogP contribution >= 0.6 is 0 Å². The van der Waals surface area contributed by atoms with Gasteiger partial charge in [-0.1, -0.05) is 18.2 Å². The molecule has 1 aliphatic heterocycles. The van der Waals surface area contributed by atoms with Gasteiger partial charge in [-0.05, 0) is 30.4 Å². The average molecular weight is 269 g/mol. The van der Waals surface area contributed by atoms with Gasteiger partial charge in [0, 0.05) is 56.4 Å². The summed E-state index contributed by atoms with van der Waals surface area (Å²) in [5.74, 6) is 0.874. The molecule has 1 aromatic heterocycles. The minimum absolute atomic E-state index is 0.628. The van der Waals surface area contributed by atoms with Crippen LogP contribution in [0.4, 0.5) is 0 Å². The summed E-state index contributed by atoms with van der Waals surface area (Å²) in [7, 11) is 2.17. The van der Waals surface area contributed by atoms with Gasteiger partial charge in [0.25, 0.3) is 0 Å². The molecule has 2 heterocycles. The molecule has 2 aliphatic rings. The van der Waals surface area contributed by atoms with Crippen LogP contribution in [0.15, 0.2) is 30.5 Å². The zero-order valence-electron chi connectivity index (χ0n) is 12.2. The topological polar surface area (TPSA) is 20.2 Å². The van der Waals surface area contributed by atoms with Crippen LogP contribution in [0, 0.1) is 5.92 Å². The smallest absolute Gasteiger partial charge is 0.0481 e. The van der Waals surface area contributed by atoms with Crippen molar-refractivity contribution in [3.05, 3.63) is 36.0 Å². The summed E-state index contributed by atoms with van der Waals surface area (Å²) < 4.78 is 2.29. The minimum Gasteiger partial charge on any atom is -0.350 e. The zero-order valence-corrected chi connectivity index (χ0v) is 12.2. The van der Waals surface area contributed by atoms with Crippen LogP contribution in [0.1, 0.15) is 24.4 Å². The van der Waals surface area contributed by atoms with Crippen LogP contribution in [0.5, 0.6) is 0 Å². The highest BCUT2D eigenvalue weighted by Gasteiger charge is 2.38. The second-order valence-corrected chi connectivity index (χ2v) is 6.28. The third-order valence-corrected chi connectivity index (χ3v) is 4.86. The average Bonchev–Trinajstić information content (AvgIpc) is 3.27. The van der Waals surface area contributed by atoms with Crippen molar-refractivity contribution in [1.82, 2.24) is 14.8 Å².